The lowest BCUT2D eigenvalue weighted by Gasteiger charge is -2.10. The van der Waals surface area contributed by atoms with E-state index in [2.05, 4.69) is 32.7 Å². The van der Waals surface area contributed by atoms with Crippen molar-refractivity contribution in [2.75, 3.05) is 11.2 Å². The first kappa shape index (κ1) is 17.1. The summed E-state index contributed by atoms with van der Waals surface area (Å²) in [6, 6.07) is 5.72. The molecule has 8 nitrogen and oxygen atoms in total. The number of nitrogens with one attached hydrogen (secondary N) is 2. The number of aryl methyl sites for hydroxylation is 1. The van der Waals surface area contributed by atoms with Crippen LogP contribution in [0.2, 0.25) is 0 Å². The van der Waals surface area contributed by atoms with Crippen molar-refractivity contribution in [1.82, 2.24) is 26.5 Å². The average molecular weight is 325 g/mol. The third-order valence-corrected chi connectivity index (χ3v) is 3.57. The molecule has 0 saturated heterocycles. The summed E-state index contributed by atoms with van der Waals surface area (Å²) in [4.78, 5) is 23.2. The molecule has 7 N–H and O–H groups in total. The van der Waals surface area contributed by atoms with Crippen LogP contribution in [0.3, 0.4) is 0 Å². The molecule has 3 rings (SSSR count). The van der Waals surface area contributed by atoms with E-state index in [0.29, 0.717) is 18.0 Å². The lowest BCUT2D eigenvalue weighted by molar-refractivity contribution is -0.109. The van der Waals surface area contributed by atoms with Crippen LogP contribution >= 0.6 is 0 Å². The van der Waals surface area contributed by atoms with Crippen LogP contribution < -0.4 is 22.7 Å². The van der Waals surface area contributed by atoms with E-state index >= 15 is 0 Å². The second-order valence-electron chi connectivity index (χ2n) is 4.96. The maximum Gasteiger partial charge on any atom is 0.225 e. The van der Waals surface area contributed by atoms with Gasteiger partial charge in [0.05, 0.1) is 5.69 Å². The molecule has 0 bridgehead atoms. The topological polar surface area (TPSA) is 141 Å². The Morgan fingerprint density at radius 2 is 2.12 bits per heavy atom. The number of anilines is 2. The van der Waals surface area contributed by atoms with Crippen molar-refractivity contribution in [2.24, 2.45) is 0 Å². The summed E-state index contributed by atoms with van der Waals surface area (Å²) < 4.78 is 0. The highest BCUT2D eigenvalue weighted by atomic mass is 16.1. The summed E-state index contributed by atoms with van der Waals surface area (Å²) in [5.74, 6) is 0.925. The molecule has 3 aromatic rings. The molecule has 0 aliphatic carbocycles. The predicted octanol–water partition coefficient (Wildman–Crippen LogP) is 2.07. The van der Waals surface area contributed by atoms with Gasteiger partial charge < -0.3 is 11.9 Å². The fourth-order valence-electron chi connectivity index (χ4n) is 2.45. The number of carbonyl (C=O) groups excluding carboxylic acids is 1. The van der Waals surface area contributed by atoms with E-state index in [0.717, 1.165) is 34.0 Å². The van der Waals surface area contributed by atoms with Crippen molar-refractivity contribution in [3.05, 3.63) is 42.4 Å². The average Bonchev–Trinajstić information content (AvgIpc) is 2.59. The van der Waals surface area contributed by atoms with Crippen LogP contribution in [0.4, 0.5) is 11.6 Å². The number of carbonyl (C=O) groups is 1. The highest BCUT2D eigenvalue weighted by Gasteiger charge is 2.10. The monoisotopic (exact) mass is 325 g/mol. The van der Waals surface area contributed by atoms with Gasteiger partial charge in [0.2, 0.25) is 6.41 Å². The maximum atomic E-state index is 10.4. The minimum absolute atomic E-state index is 0. The summed E-state index contributed by atoms with van der Waals surface area (Å²) in [7, 11) is 0. The fourth-order valence-corrected chi connectivity index (χ4v) is 2.45. The first-order valence-electron chi connectivity index (χ1n) is 7.17. The molecule has 0 saturated carbocycles. The van der Waals surface area contributed by atoms with Crippen molar-refractivity contribution in [1.29, 1.82) is 0 Å². The van der Waals surface area contributed by atoms with Crippen LogP contribution in [0.25, 0.3) is 22.0 Å². The van der Waals surface area contributed by atoms with Gasteiger partial charge in [0.1, 0.15) is 11.6 Å². The highest BCUT2D eigenvalue weighted by Crippen LogP contribution is 2.28. The van der Waals surface area contributed by atoms with Crippen LogP contribution in [0.15, 0.2) is 36.8 Å². The maximum absolute atomic E-state index is 10.4. The quantitative estimate of drug-likeness (QED) is 0.415. The van der Waals surface area contributed by atoms with E-state index in [1.165, 1.54) is 0 Å². The minimum atomic E-state index is 0. The number of pyridine rings is 3. The second-order valence-corrected chi connectivity index (χ2v) is 4.96. The molecule has 1 amide bonds. The van der Waals surface area contributed by atoms with Crippen molar-refractivity contribution in [3.63, 3.8) is 0 Å². The normalized spacial score (nSPS) is 10.0. The zero-order valence-electron chi connectivity index (χ0n) is 13.3. The lowest BCUT2D eigenvalue weighted by atomic mass is 10.0. The largest absolute Gasteiger partial charge is 0.383 e. The molecule has 0 aliphatic rings. The number of hydrazine groups is 1. The van der Waals surface area contributed by atoms with Gasteiger partial charge in [0, 0.05) is 29.5 Å². The van der Waals surface area contributed by atoms with E-state index in [1.54, 1.807) is 24.7 Å². The molecule has 8 heteroatoms. The SMILES string of the molecule is CCc1ccncc1-c1cc2cc(NNC=O)ncc2c(N)n1.N. The van der Waals surface area contributed by atoms with Gasteiger partial charge in [-0.2, -0.15) is 0 Å². The zero-order chi connectivity index (χ0) is 16.2. The molecule has 0 radical (unpaired) electrons. The van der Waals surface area contributed by atoms with Gasteiger partial charge in [0.25, 0.3) is 0 Å². The molecular formula is C16H19N7O. The number of aromatic nitrogens is 3. The van der Waals surface area contributed by atoms with Gasteiger partial charge in [-0.15, -0.1) is 0 Å². The molecule has 124 valence electrons. The van der Waals surface area contributed by atoms with Crippen molar-refractivity contribution >= 4 is 28.8 Å². The van der Waals surface area contributed by atoms with Gasteiger partial charge in [-0.05, 0) is 35.6 Å². The van der Waals surface area contributed by atoms with Gasteiger partial charge >= 0.3 is 0 Å². The highest BCUT2D eigenvalue weighted by molar-refractivity contribution is 5.94. The van der Waals surface area contributed by atoms with Gasteiger partial charge in [-0.3, -0.25) is 20.6 Å². The standard InChI is InChI=1S/C16H16N6O.H3N/c1-2-10-3-4-18-7-12(10)14-5-11-6-15(22-20-9-23)19-8-13(11)16(17)21-14;/h3-9H,2H2,1H3,(H2,17,21)(H,19,22)(H,20,23);1H3. The van der Waals surface area contributed by atoms with Crippen LogP contribution in [0.1, 0.15) is 12.5 Å². The van der Waals surface area contributed by atoms with Crippen molar-refractivity contribution < 1.29 is 4.79 Å². The summed E-state index contributed by atoms with van der Waals surface area (Å²) >= 11 is 0. The predicted molar refractivity (Wildman–Crippen MR) is 94.4 cm³/mol. The number of hydrogen-bond acceptors (Lipinski definition) is 7. The minimum Gasteiger partial charge on any atom is -0.383 e. The smallest absolute Gasteiger partial charge is 0.225 e. The summed E-state index contributed by atoms with van der Waals surface area (Å²) in [5.41, 5.74) is 14.0. The summed E-state index contributed by atoms with van der Waals surface area (Å²) in [6.07, 6.45) is 6.61. The number of fused-ring (bicyclic) bond motifs is 1. The fraction of sp³-hybridized carbons (Fsp3) is 0.125. The molecule has 0 fully saturated rings. The van der Waals surface area contributed by atoms with Crippen molar-refractivity contribution in [2.45, 2.75) is 13.3 Å². The molecule has 0 aliphatic heterocycles. The summed E-state index contributed by atoms with van der Waals surface area (Å²) in [5, 5.41) is 1.64. The number of nitrogens with two attached hydrogens (primary N) is 1. The number of amides is 1. The second kappa shape index (κ2) is 7.34. The Labute approximate surface area is 139 Å². The van der Waals surface area contributed by atoms with E-state index in [-0.39, 0.29) is 6.15 Å². The lowest BCUT2D eigenvalue weighted by Crippen LogP contribution is -2.19. The van der Waals surface area contributed by atoms with Gasteiger partial charge in [0.15, 0.2) is 0 Å². The van der Waals surface area contributed by atoms with Crippen LogP contribution in [0, 0.1) is 0 Å². The van der Waals surface area contributed by atoms with Crippen LogP contribution in [-0.2, 0) is 11.2 Å². The Hall–Kier alpha value is -3.26. The Morgan fingerprint density at radius 3 is 2.88 bits per heavy atom. The number of nitrogen functional groups attached to an aromatic ring is 1. The molecule has 3 aromatic heterocycles. The molecule has 3 heterocycles. The van der Waals surface area contributed by atoms with Crippen molar-refractivity contribution in [3.8, 4) is 11.3 Å². The van der Waals surface area contributed by atoms with E-state index in [1.807, 2.05) is 12.1 Å². The number of hydrogen-bond donors (Lipinski definition) is 4. The first-order chi connectivity index (χ1) is 11.2. The van der Waals surface area contributed by atoms with E-state index < -0.39 is 0 Å². The molecule has 0 spiro atoms. The Kier molecular flexibility index (Phi) is 5.23. The van der Waals surface area contributed by atoms with Gasteiger partial charge in [-0.25, -0.2) is 9.97 Å². The van der Waals surface area contributed by atoms with Gasteiger partial charge in [-0.1, -0.05) is 6.92 Å². The third kappa shape index (κ3) is 3.23. The number of nitrogens with zero attached hydrogens (tertiary/aromatic N) is 3. The van der Waals surface area contributed by atoms with Crippen LogP contribution in [-0.4, -0.2) is 21.4 Å². The molecule has 0 aromatic carbocycles. The molecule has 24 heavy (non-hydrogen) atoms. The molecule has 0 atom stereocenters. The zero-order valence-corrected chi connectivity index (χ0v) is 13.3. The number of rotatable bonds is 5. The summed E-state index contributed by atoms with van der Waals surface area (Å²) in [6.45, 7) is 2.08. The van der Waals surface area contributed by atoms with Crippen LogP contribution in [0.5, 0.6) is 0 Å². The first-order valence-corrected chi connectivity index (χ1v) is 7.17. The van der Waals surface area contributed by atoms with E-state index in [4.69, 9.17) is 5.73 Å². The Balaban J connectivity index is 0.00000208. The third-order valence-electron chi connectivity index (χ3n) is 3.57. The Bertz CT molecular complexity index is 866. The molecule has 0 unspecified atom stereocenters. The van der Waals surface area contributed by atoms with E-state index in [9.17, 15) is 4.79 Å². The molecular weight excluding hydrogens is 306 g/mol. The Morgan fingerprint density at radius 1 is 1.29 bits per heavy atom.